The molecule has 5 rings (SSSR count). The highest BCUT2D eigenvalue weighted by molar-refractivity contribution is 5.76. The van der Waals surface area contributed by atoms with Gasteiger partial charge in [0.25, 0.3) is 0 Å². The molecule has 2 aliphatic rings. The average Bonchev–Trinajstić information content (AvgIpc) is 3.22. The molecule has 0 radical (unpaired) electrons. The van der Waals surface area contributed by atoms with Crippen LogP contribution in [0.25, 0.3) is 11.3 Å². The van der Waals surface area contributed by atoms with Gasteiger partial charge >= 0.3 is 6.01 Å². The molecular weight excluding hydrogens is 432 g/mol. The van der Waals surface area contributed by atoms with Gasteiger partial charge < -0.3 is 25.8 Å². The first kappa shape index (κ1) is 22.0. The zero-order chi connectivity index (χ0) is 23.5. The number of hydrogen-bond donors (Lipinski definition) is 4. The SMILES string of the molecule is C[C@]1(CO)CNc2c(C#N)cc(-c3ccnc(Nc4cnc(OC5CCNCC5)nc4)n3)cc21. The second-order valence-corrected chi connectivity index (χ2v) is 8.84. The van der Waals surface area contributed by atoms with Crippen molar-refractivity contribution >= 4 is 17.3 Å². The molecule has 34 heavy (non-hydrogen) atoms. The van der Waals surface area contributed by atoms with Crippen LogP contribution in [0, 0.1) is 11.3 Å². The lowest BCUT2D eigenvalue weighted by atomic mass is 9.83. The summed E-state index contributed by atoms with van der Waals surface area (Å²) >= 11 is 0. The van der Waals surface area contributed by atoms with E-state index >= 15 is 0 Å². The van der Waals surface area contributed by atoms with Crippen LogP contribution in [0.1, 0.15) is 30.9 Å². The van der Waals surface area contributed by atoms with Gasteiger partial charge in [0, 0.05) is 23.7 Å². The maximum absolute atomic E-state index is 9.93. The minimum Gasteiger partial charge on any atom is -0.460 e. The van der Waals surface area contributed by atoms with E-state index in [1.54, 1.807) is 30.7 Å². The standard InChI is InChI=1S/C24H26N8O2/c1-24(14-33)13-30-21-16(10-25)8-15(9-19(21)24)20-4-7-27-22(32-20)31-17-11-28-23(29-12-17)34-18-2-5-26-6-3-18/h4,7-9,11-12,18,26,30,33H,2-3,5-6,13-14H2,1H3,(H,27,31,32)/t24-/m1/s1. The van der Waals surface area contributed by atoms with Crippen molar-refractivity contribution in [3.63, 3.8) is 0 Å². The van der Waals surface area contributed by atoms with Gasteiger partial charge in [0.15, 0.2) is 0 Å². The van der Waals surface area contributed by atoms with Crippen molar-refractivity contribution in [2.75, 3.05) is 36.9 Å². The Morgan fingerprint density at radius 3 is 2.76 bits per heavy atom. The molecular formula is C24H26N8O2. The van der Waals surface area contributed by atoms with Crippen LogP contribution in [0.2, 0.25) is 0 Å². The molecule has 0 aliphatic carbocycles. The summed E-state index contributed by atoms with van der Waals surface area (Å²) in [5.74, 6) is 0.384. The van der Waals surface area contributed by atoms with Crippen molar-refractivity contribution in [3.8, 4) is 23.3 Å². The van der Waals surface area contributed by atoms with Crippen LogP contribution < -0.4 is 20.7 Å². The van der Waals surface area contributed by atoms with Gasteiger partial charge in [-0.05, 0) is 49.7 Å². The molecule has 3 aromatic rings. The number of nitrogens with one attached hydrogen (secondary N) is 3. The summed E-state index contributed by atoms with van der Waals surface area (Å²) in [6.45, 7) is 4.41. The number of anilines is 3. The van der Waals surface area contributed by atoms with Crippen LogP contribution in [0.5, 0.6) is 6.01 Å². The van der Waals surface area contributed by atoms with Crippen LogP contribution in [0.4, 0.5) is 17.3 Å². The first-order valence-corrected chi connectivity index (χ1v) is 11.3. The third-order valence-electron chi connectivity index (χ3n) is 6.31. The third kappa shape index (κ3) is 4.35. The highest BCUT2D eigenvalue weighted by Gasteiger charge is 2.36. The van der Waals surface area contributed by atoms with Crippen LogP contribution >= 0.6 is 0 Å². The number of nitrogens with zero attached hydrogens (tertiary/aromatic N) is 5. The van der Waals surface area contributed by atoms with E-state index in [4.69, 9.17) is 4.74 Å². The molecule has 1 fully saturated rings. The number of hydrogen-bond acceptors (Lipinski definition) is 10. The molecule has 0 amide bonds. The van der Waals surface area contributed by atoms with Crippen LogP contribution in [-0.2, 0) is 5.41 Å². The summed E-state index contributed by atoms with van der Waals surface area (Å²) in [4.78, 5) is 17.5. The fraction of sp³-hybridized carbons (Fsp3) is 0.375. The fourth-order valence-electron chi connectivity index (χ4n) is 4.28. The largest absolute Gasteiger partial charge is 0.460 e. The molecule has 0 spiro atoms. The number of benzene rings is 1. The molecule has 4 heterocycles. The van der Waals surface area contributed by atoms with E-state index < -0.39 is 5.41 Å². The number of rotatable bonds is 6. The van der Waals surface area contributed by atoms with Crippen LogP contribution in [0.3, 0.4) is 0 Å². The Bertz CT molecular complexity index is 1220. The maximum atomic E-state index is 9.93. The van der Waals surface area contributed by atoms with Crippen molar-refractivity contribution in [2.45, 2.75) is 31.3 Å². The first-order chi connectivity index (χ1) is 16.6. The summed E-state index contributed by atoms with van der Waals surface area (Å²) in [6.07, 6.45) is 6.94. The molecule has 2 aromatic heterocycles. The summed E-state index contributed by atoms with van der Waals surface area (Å²) < 4.78 is 5.85. The minimum atomic E-state index is -0.458. The van der Waals surface area contributed by atoms with E-state index in [-0.39, 0.29) is 12.7 Å². The van der Waals surface area contributed by atoms with Gasteiger partial charge in [-0.25, -0.2) is 19.9 Å². The van der Waals surface area contributed by atoms with E-state index in [0.717, 1.165) is 42.7 Å². The topological polar surface area (TPSA) is 141 Å². The minimum absolute atomic E-state index is 0.0186. The third-order valence-corrected chi connectivity index (χ3v) is 6.31. The van der Waals surface area contributed by atoms with Crippen molar-refractivity contribution in [1.29, 1.82) is 5.26 Å². The number of aliphatic hydroxyl groups is 1. The smallest absolute Gasteiger partial charge is 0.316 e. The van der Waals surface area contributed by atoms with Gasteiger partial charge in [-0.3, -0.25) is 0 Å². The van der Waals surface area contributed by atoms with Crippen molar-refractivity contribution in [2.24, 2.45) is 0 Å². The predicted molar refractivity (Wildman–Crippen MR) is 127 cm³/mol. The Labute approximate surface area is 197 Å². The molecule has 10 nitrogen and oxygen atoms in total. The highest BCUT2D eigenvalue weighted by atomic mass is 16.5. The van der Waals surface area contributed by atoms with Gasteiger partial charge in [0.2, 0.25) is 5.95 Å². The Hall–Kier alpha value is -3.81. The quantitative estimate of drug-likeness (QED) is 0.435. The molecule has 0 saturated carbocycles. The van der Waals surface area contributed by atoms with E-state index in [9.17, 15) is 10.4 Å². The molecule has 1 aromatic carbocycles. The Morgan fingerprint density at radius 1 is 1.24 bits per heavy atom. The molecule has 174 valence electrons. The molecule has 2 aliphatic heterocycles. The van der Waals surface area contributed by atoms with Crippen LogP contribution in [-0.4, -0.2) is 57.4 Å². The predicted octanol–water partition coefficient (Wildman–Crippen LogP) is 2.36. The second kappa shape index (κ2) is 9.21. The molecule has 1 saturated heterocycles. The maximum Gasteiger partial charge on any atom is 0.316 e. The van der Waals surface area contributed by atoms with E-state index in [1.165, 1.54) is 0 Å². The Kier molecular flexibility index (Phi) is 5.96. The lowest BCUT2D eigenvalue weighted by molar-refractivity contribution is 0.149. The summed E-state index contributed by atoms with van der Waals surface area (Å²) in [5.41, 5.74) is 3.84. The van der Waals surface area contributed by atoms with Gasteiger partial charge in [-0.2, -0.15) is 5.26 Å². The monoisotopic (exact) mass is 458 g/mol. The van der Waals surface area contributed by atoms with Crippen molar-refractivity contribution in [1.82, 2.24) is 25.3 Å². The fourth-order valence-corrected chi connectivity index (χ4v) is 4.28. The zero-order valence-electron chi connectivity index (χ0n) is 18.9. The zero-order valence-corrected chi connectivity index (χ0v) is 18.9. The number of piperidine rings is 1. The normalized spacial score (nSPS) is 19.7. The number of nitriles is 1. The Balaban J connectivity index is 1.35. The number of aromatic nitrogens is 4. The molecule has 10 heteroatoms. The molecule has 4 N–H and O–H groups in total. The molecule has 1 atom stereocenters. The summed E-state index contributed by atoms with van der Waals surface area (Å²) in [7, 11) is 0. The van der Waals surface area contributed by atoms with Gasteiger partial charge in [-0.15, -0.1) is 0 Å². The molecule has 0 bridgehead atoms. The first-order valence-electron chi connectivity index (χ1n) is 11.3. The average molecular weight is 459 g/mol. The van der Waals surface area contributed by atoms with Crippen LogP contribution in [0.15, 0.2) is 36.8 Å². The Morgan fingerprint density at radius 2 is 2.03 bits per heavy atom. The lowest BCUT2D eigenvalue weighted by Crippen LogP contribution is -2.34. The van der Waals surface area contributed by atoms with E-state index in [2.05, 4.69) is 42.0 Å². The van der Waals surface area contributed by atoms with Crippen molar-refractivity contribution in [3.05, 3.63) is 47.9 Å². The van der Waals surface area contributed by atoms with E-state index in [1.807, 2.05) is 13.0 Å². The van der Waals surface area contributed by atoms with Gasteiger partial charge in [0.05, 0.1) is 41.6 Å². The van der Waals surface area contributed by atoms with Crippen molar-refractivity contribution < 1.29 is 9.84 Å². The highest BCUT2D eigenvalue weighted by Crippen LogP contribution is 2.41. The molecule has 0 unspecified atom stereocenters. The summed E-state index contributed by atoms with van der Waals surface area (Å²) in [6, 6.07) is 8.18. The van der Waals surface area contributed by atoms with Gasteiger partial charge in [0.1, 0.15) is 12.2 Å². The number of aliphatic hydroxyl groups excluding tert-OH is 1. The lowest BCUT2D eigenvalue weighted by Gasteiger charge is -2.22. The second-order valence-electron chi connectivity index (χ2n) is 8.84. The summed E-state index contributed by atoms with van der Waals surface area (Å²) in [5, 5.41) is 29.3. The van der Waals surface area contributed by atoms with E-state index in [0.29, 0.717) is 35.4 Å². The number of ether oxygens (including phenoxy) is 1. The van der Waals surface area contributed by atoms with Gasteiger partial charge in [-0.1, -0.05) is 6.92 Å². The number of fused-ring (bicyclic) bond motifs is 1.